The summed E-state index contributed by atoms with van der Waals surface area (Å²) < 4.78 is 168. The van der Waals surface area contributed by atoms with Gasteiger partial charge in [0.25, 0.3) is 0 Å². The van der Waals surface area contributed by atoms with E-state index in [1.807, 2.05) is 147 Å². The van der Waals surface area contributed by atoms with E-state index >= 15 is 0 Å². The molecule has 0 aliphatic rings. The Morgan fingerprint density at radius 3 is 0.950 bits per heavy atom. The number of benzene rings is 14. The molecule has 17 aromatic rings. The molecule has 0 atom stereocenters. The van der Waals surface area contributed by atoms with Gasteiger partial charge in [-0.05, 0) is 168 Å². The summed E-state index contributed by atoms with van der Waals surface area (Å²) in [4.78, 5) is 0. The number of hydrogen-bond acceptors (Lipinski definition) is 0. The first-order valence-electron chi connectivity index (χ1n) is 43.2. The fourth-order valence-electron chi connectivity index (χ4n) is 14.6. The van der Waals surface area contributed by atoms with Crippen LogP contribution in [0.15, 0.2) is 333 Å². The van der Waals surface area contributed by atoms with Crippen LogP contribution in [0, 0.1) is 6.92 Å². The minimum absolute atomic E-state index is 0.0481. The Kier molecular flexibility index (Phi) is 12.1. The summed E-state index contributed by atoms with van der Waals surface area (Å²) in [6, 6.07) is 66.4. The smallest absolute Gasteiger partial charge is 0.0632 e. The van der Waals surface area contributed by atoms with E-state index in [-0.39, 0.29) is 106 Å². The second-order valence-electron chi connectivity index (χ2n) is 28.2. The van der Waals surface area contributed by atoms with Crippen LogP contribution in [0.25, 0.3) is 138 Å². The van der Waals surface area contributed by atoms with Crippen LogP contribution in [-0.2, 0) is 16.2 Å². The van der Waals surface area contributed by atoms with Crippen molar-refractivity contribution in [2.75, 3.05) is 0 Å². The summed E-state index contributed by atoms with van der Waals surface area (Å²) in [7, 11) is 0. The molecule has 3 heterocycles. The maximum atomic E-state index is 8.82. The molecule has 14 aromatic carbocycles. The Labute approximate surface area is 616 Å². The fraction of sp³-hybridized carbons (Fsp3) is 0.134. The first-order chi connectivity index (χ1) is 56.4. The van der Waals surface area contributed by atoms with E-state index < -0.39 is 41.7 Å². The van der Waals surface area contributed by atoms with Crippen molar-refractivity contribution >= 4 is 65.4 Å². The molecule has 0 saturated carbocycles. The molecular weight excluding hydrogens is 1210 g/mol. The number of hydrogen-bond donors (Lipinski definition) is 0. The van der Waals surface area contributed by atoms with Gasteiger partial charge < -0.3 is 13.7 Å². The lowest BCUT2D eigenvalue weighted by molar-refractivity contribution is 0.596. The summed E-state index contributed by atoms with van der Waals surface area (Å²) in [6.07, 6.45) is 0. The average Bonchev–Trinajstić information content (AvgIpc) is 1.56. The summed E-state index contributed by atoms with van der Waals surface area (Å²) in [6.45, 7) is 20.8. The summed E-state index contributed by atoms with van der Waals surface area (Å²) >= 11 is 0. The lowest BCUT2D eigenvalue weighted by atomic mass is 9.78. The third-order valence-electron chi connectivity index (χ3n) is 18.5. The van der Waals surface area contributed by atoms with Crippen molar-refractivity contribution < 1.29 is 26.0 Å². The average molecular weight is 1310 g/mol. The van der Waals surface area contributed by atoms with E-state index in [2.05, 4.69) is 130 Å². The van der Waals surface area contributed by atoms with Crippen LogP contribution in [0.1, 0.15) is 111 Å². The van der Waals surface area contributed by atoms with Gasteiger partial charge in [0.2, 0.25) is 0 Å². The van der Waals surface area contributed by atoms with Gasteiger partial charge in [-0.3, -0.25) is 0 Å². The normalized spacial score (nSPS) is 14.6. The van der Waals surface area contributed by atoms with Crippen LogP contribution < -0.4 is 0 Å². The first-order valence-corrected chi connectivity index (χ1v) is 33.7. The standard InChI is InChI=1S/2C34H29N.C29H27N/c2*1-34(2,3)33-28(25-16-9-5-10-17-25)22-23-30-32(33)31-27(24-14-7-4-8-15-24)20-13-21-29(31)35(30)26-18-11-6-12-19-26;1-20-11-8-12-21(19-20)23-15-9-17-25-27(23)28-24(29(2,3)4)16-10-18-26(28)30(25)22-13-6-5-7-14-22/h2*4-23H,1-3H3;5-19H,1-4H3/i4D,5D,7D,8D,9D,10D,14D,15D,16D,17D;4D,7D,8D,14D,15D;8D,11D,12D,19D. The molecule has 0 amide bonds. The van der Waals surface area contributed by atoms with Crippen molar-refractivity contribution in [3.63, 3.8) is 0 Å². The van der Waals surface area contributed by atoms with Gasteiger partial charge in [-0.1, -0.05) is 328 Å². The third-order valence-corrected chi connectivity index (χ3v) is 18.5. The highest BCUT2D eigenvalue weighted by Crippen LogP contribution is 2.50. The van der Waals surface area contributed by atoms with Crippen molar-refractivity contribution in [1.29, 1.82) is 0 Å². The molecule has 0 fully saturated rings. The SMILES string of the molecule is [2H]c1c([2H])c(C)c([2H])c(-c2cccc3c2c2c(C(C)(C)C)cccc2n3-c2ccccc2)c1[2H].[2H]c1c([2H])c([2H])c(-c2ccc3c(c2C(C)(C)C)c2c(-c4c([2H])c([2H])c([2H])c([2H])c4[2H])cccc2n3-c2ccccc2)c([2H])c1[2H].[2H]c1c([2H])c([2H])c(-c2cccc3c2c2c(C(C)(C)C)c(-c4ccccc4)ccc2n3-c2ccccc2)c([2H])c1[2H]. The van der Waals surface area contributed by atoms with Gasteiger partial charge in [0.05, 0.1) is 59.1 Å². The van der Waals surface area contributed by atoms with E-state index in [9.17, 15) is 0 Å². The highest BCUT2D eigenvalue weighted by atomic mass is 15.0. The van der Waals surface area contributed by atoms with E-state index in [1.54, 1.807) is 25.1 Å². The van der Waals surface area contributed by atoms with Crippen molar-refractivity contribution in [1.82, 2.24) is 13.7 Å². The molecule has 3 heteroatoms. The van der Waals surface area contributed by atoms with E-state index in [4.69, 9.17) is 26.0 Å². The minimum Gasteiger partial charge on any atom is -0.309 e. The molecule has 0 radical (unpaired) electrons. The van der Waals surface area contributed by atoms with E-state index in [0.717, 1.165) is 94.0 Å². The predicted octanol–water partition coefficient (Wildman–Crippen LogP) is 26.9. The number of fused-ring (bicyclic) bond motifs is 9. The first kappa shape index (κ1) is 45.9. The van der Waals surface area contributed by atoms with Gasteiger partial charge >= 0.3 is 0 Å². The summed E-state index contributed by atoms with van der Waals surface area (Å²) in [5.74, 6) is 0. The highest BCUT2D eigenvalue weighted by molar-refractivity contribution is 6.21. The number of aromatic nitrogens is 3. The molecule has 100 heavy (non-hydrogen) atoms. The van der Waals surface area contributed by atoms with Gasteiger partial charge in [0, 0.05) is 49.4 Å². The molecule has 0 N–H and O–H groups in total. The van der Waals surface area contributed by atoms with Crippen molar-refractivity contribution in [3.8, 4) is 72.7 Å². The van der Waals surface area contributed by atoms with Crippen molar-refractivity contribution in [2.45, 2.75) is 85.5 Å². The second-order valence-corrected chi connectivity index (χ2v) is 28.2. The zero-order chi connectivity index (χ0) is 85.4. The molecule has 3 aromatic heterocycles. The van der Waals surface area contributed by atoms with E-state index in [0.29, 0.717) is 44.2 Å². The fourth-order valence-corrected chi connectivity index (χ4v) is 14.6. The number of rotatable bonds is 8. The number of nitrogens with zero attached hydrogens (tertiary/aromatic N) is 3. The highest BCUT2D eigenvalue weighted by Gasteiger charge is 2.30. The Balaban J connectivity index is 0.000000141. The van der Waals surface area contributed by atoms with Gasteiger partial charge in [0.15, 0.2) is 0 Å². The molecule has 0 aliphatic carbocycles. The molecule has 0 unspecified atom stereocenters. The second kappa shape index (κ2) is 26.4. The summed E-state index contributed by atoms with van der Waals surface area (Å²) in [5, 5.41) is 5.31. The van der Waals surface area contributed by atoms with Crippen LogP contribution >= 0.6 is 0 Å². The van der Waals surface area contributed by atoms with Crippen LogP contribution in [0.5, 0.6) is 0 Å². The molecule has 0 spiro atoms. The minimum atomic E-state index is -0.638. The van der Waals surface area contributed by atoms with Crippen molar-refractivity contribution in [2.24, 2.45) is 0 Å². The maximum absolute atomic E-state index is 8.82. The Morgan fingerprint density at radius 2 is 0.560 bits per heavy atom. The molecule has 0 saturated heterocycles. The van der Waals surface area contributed by atoms with Gasteiger partial charge in [-0.25, -0.2) is 0 Å². The lowest BCUT2D eigenvalue weighted by Crippen LogP contribution is -2.13. The van der Waals surface area contributed by atoms with Crippen molar-refractivity contribution in [3.05, 3.63) is 355 Å². The van der Waals surface area contributed by atoms with Crippen LogP contribution in [0.2, 0.25) is 0 Å². The van der Waals surface area contributed by atoms with Crippen LogP contribution in [0.4, 0.5) is 0 Å². The topological polar surface area (TPSA) is 14.8 Å². The molecule has 0 bridgehead atoms. The predicted molar refractivity (Wildman–Crippen MR) is 430 cm³/mol. The molecular formula is C97H85N3. The monoisotopic (exact) mass is 1310 g/mol. The zero-order valence-corrected chi connectivity index (χ0v) is 57.6. The molecule has 3 nitrogen and oxygen atoms in total. The Hall–Kier alpha value is -11.5. The quantitative estimate of drug-likeness (QED) is 0.144. The van der Waals surface area contributed by atoms with Crippen LogP contribution in [0.3, 0.4) is 0 Å². The Morgan fingerprint density at radius 1 is 0.240 bits per heavy atom. The van der Waals surface area contributed by atoms with Crippen LogP contribution in [-0.4, -0.2) is 13.7 Å². The summed E-state index contributed by atoms with van der Waals surface area (Å²) in [5.41, 5.74) is 16.1. The Bertz CT molecular complexity index is 6890. The number of para-hydroxylation sites is 3. The zero-order valence-electron chi connectivity index (χ0n) is 76.6. The molecule has 17 rings (SSSR count). The lowest BCUT2D eigenvalue weighted by Gasteiger charge is -2.25. The molecule has 0 aliphatic heterocycles. The third kappa shape index (κ3) is 11.9. The maximum Gasteiger partial charge on any atom is 0.0632 e. The van der Waals surface area contributed by atoms with E-state index in [1.165, 1.54) is 5.56 Å². The van der Waals surface area contributed by atoms with Gasteiger partial charge in [-0.15, -0.1) is 0 Å². The van der Waals surface area contributed by atoms with Gasteiger partial charge in [0.1, 0.15) is 0 Å². The largest absolute Gasteiger partial charge is 0.309 e. The molecule has 488 valence electrons. The van der Waals surface area contributed by atoms with Gasteiger partial charge in [-0.2, -0.15) is 0 Å².